The van der Waals surface area contributed by atoms with Crippen LogP contribution in [0.15, 0.2) is 4.79 Å². The zero-order chi connectivity index (χ0) is 12.9. The summed E-state index contributed by atoms with van der Waals surface area (Å²) in [5.74, 6) is 0.462. The Kier molecular flexibility index (Phi) is 2.36. The van der Waals surface area contributed by atoms with Gasteiger partial charge in [-0.2, -0.15) is 5.26 Å². The molecule has 0 unspecified atom stereocenters. The molecule has 18 heavy (non-hydrogen) atoms. The van der Waals surface area contributed by atoms with E-state index in [0.717, 1.165) is 29.7 Å². The van der Waals surface area contributed by atoms with E-state index in [1.165, 1.54) is 0 Å². The Bertz CT molecular complexity index is 603. The van der Waals surface area contributed by atoms with E-state index in [1.54, 1.807) is 0 Å². The highest BCUT2D eigenvalue weighted by Crippen LogP contribution is 2.43. The van der Waals surface area contributed by atoms with E-state index in [-0.39, 0.29) is 16.7 Å². The van der Waals surface area contributed by atoms with Gasteiger partial charge in [-0.15, -0.1) is 0 Å². The minimum absolute atomic E-state index is 0.240. The number of hydrogen-bond acceptors (Lipinski definition) is 3. The molecule has 1 N–H and O–H groups in total. The van der Waals surface area contributed by atoms with E-state index in [1.807, 2.05) is 19.9 Å². The Balaban J connectivity index is 2.22. The number of pyridine rings is 1. The first-order valence-corrected chi connectivity index (χ1v) is 6.34. The zero-order valence-electron chi connectivity index (χ0n) is 10.7. The van der Waals surface area contributed by atoms with Crippen LogP contribution in [0, 0.1) is 11.3 Å². The fraction of sp³-hybridized carbons (Fsp3) is 0.571. The number of nitrogens with zero attached hydrogens (tertiary/aromatic N) is 1. The van der Waals surface area contributed by atoms with E-state index in [9.17, 15) is 10.1 Å². The molecule has 0 bridgehead atoms. The van der Waals surface area contributed by atoms with Gasteiger partial charge in [0.25, 0.3) is 5.56 Å². The van der Waals surface area contributed by atoms with Gasteiger partial charge in [-0.3, -0.25) is 4.79 Å². The summed E-state index contributed by atoms with van der Waals surface area (Å²) in [6, 6.07) is 2.05. The third kappa shape index (κ3) is 1.75. The summed E-state index contributed by atoms with van der Waals surface area (Å²) in [5, 5.41) is 9.18. The van der Waals surface area contributed by atoms with Crippen molar-refractivity contribution in [2.45, 2.75) is 51.2 Å². The van der Waals surface area contributed by atoms with Crippen molar-refractivity contribution in [2.75, 3.05) is 0 Å². The third-order valence-corrected chi connectivity index (χ3v) is 3.77. The van der Waals surface area contributed by atoms with Crippen LogP contribution in [0.5, 0.6) is 0 Å². The molecule has 1 aromatic heterocycles. The van der Waals surface area contributed by atoms with Crippen LogP contribution in [-0.4, -0.2) is 10.6 Å². The molecule has 2 heterocycles. The summed E-state index contributed by atoms with van der Waals surface area (Å²) >= 11 is 0. The Labute approximate surface area is 106 Å². The molecule has 0 aromatic carbocycles. The van der Waals surface area contributed by atoms with Gasteiger partial charge in [-0.25, -0.2) is 0 Å². The summed E-state index contributed by atoms with van der Waals surface area (Å²) in [7, 11) is 0. The normalized spacial score (nSPS) is 21.2. The van der Waals surface area contributed by atoms with Gasteiger partial charge < -0.3 is 9.72 Å². The number of fused-ring (bicyclic) bond motifs is 1. The maximum Gasteiger partial charge on any atom is 0.266 e. The van der Waals surface area contributed by atoms with Gasteiger partial charge in [0, 0.05) is 17.7 Å². The van der Waals surface area contributed by atoms with Crippen LogP contribution in [-0.2, 0) is 17.8 Å². The molecular formula is C14H16N2O2. The monoisotopic (exact) mass is 244 g/mol. The van der Waals surface area contributed by atoms with Gasteiger partial charge in [0.2, 0.25) is 0 Å². The molecule has 4 nitrogen and oxygen atoms in total. The van der Waals surface area contributed by atoms with Crippen molar-refractivity contribution in [3.63, 3.8) is 0 Å². The predicted octanol–water partition coefficient (Wildman–Crippen LogP) is 1.98. The van der Waals surface area contributed by atoms with E-state index >= 15 is 0 Å². The van der Waals surface area contributed by atoms with Crippen LogP contribution in [0.25, 0.3) is 0 Å². The van der Waals surface area contributed by atoms with Gasteiger partial charge in [0.15, 0.2) is 0 Å². The van der Waals surface area contributed by atoms with Crippen molar-refractivity contribution < 1.29 is 4.74 Å². The Hall–Kier alpha value is -1.60. The molecule has 0 saturated heterocycles. The first kappa shape index (κ1) is 11.5. The van der Waals surface area contributed by atoms with Gasteiger partial charge >= 0.3 is 0 Å². The molecule has 1 fully saturated rings. The van der Waals surface area contributed by atoms with E-state index in [4.69, 9.17) is 4.74 Å². The predicted molar refractivity (Wildman–Crippen MR) is 66.3 cm³/mol. The van der Waals surface area contributed by atoms with Gasteiger partial charge in [0.05, 0.1) is 12.2 Å². The van der Waals surface area contributed by atoms with Crippen LogP contribution in [0.4, 0.5) is 0 Å². The second kappa shape index (κ2) is 3.69. The number of aromatic nitrogens is 1. The molecule has 2 aliphatic rings. The van der Waals surface area contributed by atoms with Crippen molar-refractivity contribution in [3.05, 3.63) is 32.7 Å². The van der Waals surface area contributed by atoms with Crippen molar-refractivity contribution in [3.8, 4) is 6.07 Å². The van der Waals surface area contributed by atoms with Crippen molar-refractivity contribution in [2.24, 2.45) is 0 Å². The smallest absolute Gasteiger partial charge is 0.266 e. The highest BCUT2D eigenvalue weighted by molar-refractivity contribution is 5.46. The Morgan fingerprint density at radius 2 is 2.11 bits per heavy atom. The molecule has 3 rings (SSSR count). The van der Waals surface area contributed by atoms with Crippen LogP contribution in [0.3, 0.4) is 0 Å². The lowest BCUT2D eigenvalue weighted by atomic mass is 9.88. The average Bonchev–Trinajstić information content (AvgIpc) is 3.10. The lowest BCUT2D eigenvalue weighted by Crippen LogP contribution is -2.35. The molecule has 1 aliphatic heterocycles. The lowest BCUT2D eigenvalue weighted by molar-refractivity contribution is -0.0407. The second-order valence-electron chi connectivity index (χ2n) is 5.81. The largest absolute Gasteiger partial charge is 0.370 e. The molecule has 0 atom stereocenters. The lowest BCUT2D eigenvalue weighted by Gasteiger charge is -2.33. The fourth-order valence-corrected chi connectivity index (χ4v) is 2.65. The summed E-state index contributed by atoms with van der Waals surface area (Å²) in [6.45, 7) is 4.49. The van der Waals surface area contributed by atoms with Gasteiger partial charge in [0.1, 0.15) is 11.6 Å². The molecule has 1 aliphatic carbocycles. The first-order chi connectivity index (χ1) is 8.52. The van der Waals surface area contributed by atoms with Crippen LogP contribution in [0.1, 0.15) is 55.0 Å². The second-order valence-corrected chi connectivity index (χ2v) is 5.81. The highest BCUT2D eigenvalue weighted by Gasteiger charge is 2.35. The topological polar surface area (TPSA) is 65.9 Å². The highest BCUT2D eigenvalue weighted by atomic mass is 16.5. The molecule has 0 amide bonds. The number of nitrogens with one attached hydrogen (secondary N) is 1. The van der Waals surface area contributed by atoms with E-state index in [0.29, 0.717) is 18.9 Å². The quantitative estimate of drug-likeness (QED) is 0.821. The number of nitriles is 1. The number of rotatable bonds is 1. The summed E-state index contributed by atoms with van der Waals surface area (Å²) in [4.78, 5) is 14.9. The minimum Gasteiger partial charge on any atom is -0.370 e. The van der Waals surface area contributed by atoms with Crippen LogP contribution in [0.2, 0.25) is 0 Å². The molecule has 94 valence electrons. The minimum atomic E-state index is -0.298. The van der Waals surface area contributed by atoms with Gasteiger partial charge in [-0.05, 0) is 38.2 Å². The van der Waals surface area contributed by atoms with E-state index < -0.39 is 0 Å². The molecule has 1 saturated carbocycles. The summed E-state index contributed by atoms with van der Waals surface area (Å²) < 4.78 is 5.82. The zero-order valence-corrected chi connectivity index (χ0v) is 10.7. The molecule has 0 spiro atoms. The van der Waals surface area contributed by atoms with Gasteiger partial charge in [-0.1, -0.05) is 0 Å². The maximum atomic E-state index is 12.0. The first-order valence-electron chi connectivity index (χ1n) is 6.34. The van der Waals surface area contributed by atoms with Crippen LogP contribution < -0.4 is 5.56 Å². The average molecular weight is 244 g/mol. The Morgan fingerprint density at radius 3 is 2.72 bits per heavy atom. The fourth-order valence-electron chi connectivity index (χ4n) is 2.65. The van der Waals surface area contributed by atoms with Crippen LogP contribution >= 0.6 is 0 Å². The summed E-state index contributed by atoms with van der Waals surface area (Å²) in [6.07, 6.45) is 2.88. The van der Waals surface area contributed by atoms with Crippen molar-refractivity contribution >= 4 is 0 Å². The number of ether oxygens (including phenoxy) is 1. The molecule has 0 radical (unpaired) electrons. The Morgan fingerprint density at radius 1 is 1.39 bits per heavy atom. The summed E-state index contributed by atoms with van der Waals surface area (Å²) in [5.41, 5.74) is 2.69. The SMILES string of the molecule is CC1(C)Cc2c(c(C3CC3)[nH]c(=O)c2C#N)CO1. The maximum absolute atomic E-state index is 12.0. The molecule has 1 aromatic rings. The number of aromatic amines is 1. The standard InChI is InChI=1S/C14H16N2O2/c1-14(2)5-9-10(6-15)13(17)16-12(8-3-4-8)11(9)7-18-14/h8H,3-5,7H2,1-2H3,(H,16,17). The third-order valence-electron chi connectivity index (χ3n) is 3.77. The number of hydrogen-bond donors (Lipinski definition) is 1. The molecule has 4 heteroatoms. The number of H-pyrrole nitrogens is 1. The molecular weight excluding hydrogens is 228 g/mol. The van der Waals surface area contributed by atoms with Crippen molar-refractivity contribution in [1.82, 2.24) is 4.98 Å². The van der Waals surface area contributed by atoms with Crippen molar-refractivity contribution in [1.29, 1.82) is 5.26 Å². The van der Waals surface area contributed by atoms with E-state index in [2.05, 4.69) is 4.98 Å².